The van der Waals surface area contributed by atoms with Gasteiger partial charge in [0.25, 0.3) is 0 Å². The van der Waals surface area contributed by atoms with Crippen molar-refractivity contribution in [2.45, 2.75) is 6.61 Å². The van der Waals surface area contributed by atoms with Crippen molar-refractivity contribution in [3.8, 4) is 5.75 Å². The van der Waals surface area contributed by atoms with Crippen molar-refractivity contribution in [3.63, 3.8) is 0 Å². The fourth-order valence-electron chi connectivity index (χ4n) is 1.75. The zero-order valence-electron chi connectivity index (χ0n) is 12.0. The quantitative estimate of drug-likeness (QED) is 0.587. The number of aliphatic imine (C=N–C) groups is 2. The maximum atomic E-state index is 13.1. The lowest BCUT2D eigenvalue weighted by Crippen LogP contribution is -2.26. The molecule has 6 nitrogen and oxygen atoms in total. The Hall–Kier alpha value is -2.80. The summed E-state index contributed by atoms with van der Waals surface area (Å²) in [6, 6.07) is 10.9. The van der Waals surface area contributed by atoms with Gasteiger partial charge in [0.2, 0.25) is 5.96 Å². The highest BCUT2D eigenvalue weighted by Gasteiger charge is 2.04. The molecular weight excluding hydrogens is 321 g/mol. The molecule has 0 heterocycles. The third kappa shape index (κ3) is 5.15. The van der Waals surface area contributed by atoms with Gasteiger partial charge in [0.05, 0.1) is 10.7 Å². The molecule has 0 aliphatic heterocycles. The molecule has 0 saturated carbocycles. The number of rotatable bonds is 4. The fourth-order valence-corrected chi connectivity index (χ4v) is 1.98. The van der Waals surface area contributed by atoms with Gasteiger partial charge in [-0.1, -0.05) is 23.7 Å². The molecule has 0 spiro atoms. The van der Waals surface area contributed by atoms with Gasteiger partial charge in [0.15, 0.2) is 5.96 Å². The second kappa shape index (κ2) is 7.46. The average molecular weight is 336 g/mol. The van der Waals surface area contributed by atoms with E-state index in [9.17, 15) is 4.39 Å². The minimum atomic E-state index is -0.322. The Morgan fingerprint density at radius 1 is 1.13 bits per heavy atom. The summed E-state index contributed by atoms with van der Waals surface area (Å²) in [4.78, 5) is 7.59. The first-order chi connectivity index (χ1) is 10.9. The zero-order valence-corrected chi connectivity index (χ0v) is 12.8. The third-order valence-electron chi connectivity index (χ3n) is 2.69. The van der Waals surface area contributed by atoms with Crippen LogP contribution in [0.3, 0.4) is 0 Å². The lowest BCUT2D eigenvalue weighted by atomic mass is 10.2. The average Bonchev–Trinajstić information content (AvgIpc) is 2.45. The van der Waals surface area contributed by atoms with Crippen molar-refractivity contribution in [2.24, 2.45) is 27.2 Å². The molecule has 120 valence electrons. The molecule has 0 aliphatic carbocycles. The molecule has 0 aromatic heterocycles. The van der Waals surface area contributed by atoms with Gasteiger partial charge in [-0.05, 0) is 35.9 Å². The van der Waals surface area contributed by atoms with Crippen molar-refractivity contribution in [3.05, 3.63) is 58.9 Å². The number of ether oxygens (including phenoxy) is 1. The van der Waals surface area contributed by atoms with E-state index in [0.29, 0.717) is 22.0 Å². The molecule has 2 aromatic rings. The molecule has 0 atom stereocenters. The van der Waals surface area contributed by atoms with E-state index in [2.05, 4.69) is 9.98 Å². The number of nitrogens with zero attached hydrogens (tertiary/aromatic N) is 2. The molecule has 0 saturated heterocycles. The molecule has 0 amide bonds. The van der Waals surface area contributed by atoms with Gasteiger partial charge in [-0.3, -0.25) is 0 Å². The van der Waals surface area contributed by atoms with E-state index in [4.69, 9.17) is 33.5 Å². The van der Waals surface area contributed by atoms with E-state index < -0.39 is 0 Å². The SMILES string of the molecule is NC(N)=NC(N)=Nc1ccc(OCc2cccc(F)c2)c(Cl)c1. The summed E-state index contributed by atoms with van der Waals surface area (Å²) in [5.41, 5.74) is 17.1. The van der Waals surface area contributed by atoms with Gasteiger partial charge >= 0.3 is 0 Å². The zero-order chi connectivity index (χ0) is 16.8. The molecular formula is C15H15ClFN5O. The van der Waals surface area contributed by atoms with Gasteiger partial charge in [-0.15, -0.1) is 0 Å². The number of guanidine groups is 2. The summed E-state index contributed by atoms with van der Waals surface area (Å²) >= 11 is 6.12. The molecule has 0 aliphatic rings. The van der Waals surface area contributed by atoms with Crippen LogP contribution < -0.4 is 21.9 Å². The second-order valence-corrected chi connectivity index (χ2v) is 4.95. The standard InChI is InChI=1S/C15H15ClFN5O/c16-12-7-11(21-15(20)22-14(18)19)4-5-13(12)23-8-9-2-1-3-10(17)6-9/h1-7H,8H2,(H6,18,19,20,21,22). The van der Waals surface area contributed by atoms with Crippen molar-refractivity contribution >= 4 is 29.2 Å². The highest BCUT2D eigenvalue weighted by atomic mass is 35.5. The van der Waals surface area contributed by atoms with Gasteiger partial charge in [-0.2, -0.15) is 4.99 Å². The van der Waals surface area contributed by atoms with Gasteiger partial charge in [0.1, 0.15) is 18.2 Å². The van der Waals surface area contributed by atoms with E-state index in [-0.39, 0.29) is 24.3 Å². The Balaban J connectivity index is 2.09. The van der Waals surface area contributed by atoms with E-state index in [1.807, 2.05) is 0 Å². The third-order valence-corrected chi connectivity index (χ3v) is 2.98. The summed E-state index contributed by atoms with van der Waals surface area (Å²) < 4.78 is 18.7. The topological polar surface area (TPSA) is 112 Å². The van der Waals surface area contributed by atoms with E-state index in [1.54, 1.807) is 30.3 Å². The molecule has 0 bridgehead atoms. The molecule has 0 unspecified atom stereocenters. The van der Waals surface area contributed by atoms with Crippen LogP contribution in [0.25, 0.3) is 0 Å². The molecule has 0 fully saturated rings. The van der Waals surface area contributed by atoms with Crippen LogP contribution in [0.1, 0.15) is 5.56 Å². The van der Waals surface area contributed by atoms with E-state index in [0.717, 1.165) is 0 Å². The smallest absolute Gasteiger partial charge is 0.223 e. The minimum absolute atomic E-state index is 0.0884. The first-order valence-electron chi connectivity index (χ1n) is 6.54. The number of halogens is 2. The molecule has 2 aromatic carbocycles. The second-order valence-electron chi connectivity index (χ2n) is 4.54. The van der Waals surface area contributed by atoms with Gasteiger partial charge in [-0.25, -0.2) is 9.38 Å². The Morgan fingerprint density at radius 2 is 1.91 bits per heavy atom. The number of hydrogen-bond acceptors (Lipinski definition) is 2. The van der Waals surface area contributed by atoms with Crippen LogP contribution in [0.5, 0.6) is 5.75 Å². The number of hydrogen-bond donors (Lipinski definition) is 3. The first kappa shape index (κ1) is 16.6. The summed E-state index contributed by atoms with van der Waals surface area (Å²) in [7, 11) is 0. The highest BCUT2D eigenvalue weighted by molar-refractivity contribution is 6.32. The summed E-state index contributed by atoms with van der Waals surface area (Å²) in [5, 5.41) is 0.333. The Morgan fingerprint density at radius 3 is 2.57 bits per heavy atom. The molecule has 8 heteroatoms. The maximum Gasteiger partial charge on any atom is 0.223 e. The number of nitrogens with two attached hydrogens (primary N) is 3. The summed E-state index contributed by atoms with van der Waals surface area (Å²) in [6.07, 6.45) is 0. The summed E-state index contributed by atoms with van der Waals surface area (Å²) in [6.45, 7) is 0.191. The Labute approximate surface area is 137 Å². The van der Waals surface area contributed by atoms with Crippen molar-refractivity contribution in [1.82, 2.24) is 0 Å². The lowest BCUT2D eigenvalue weighted by molar-refractivity contribution is 0.306. The van der Waals surface area contributed by atoms with Gasteiger partial charge in [0, 0.05) is 0 Å². The monoisotopic (exact) mass is 335 g/mol. The predicted molar refractivity (Wildman–Crippen MR) is 89.3 cm³/mol. The Bertz CT molecular complexity index is 759. The fraction of sp³-hybridized carbons (Fsp3) is 0.0667. The van der Waals surface area contributed by atoms with Crippen molar-refractivity contribution < 1.29 is 9.13 Å². The van der Waals surface area contributed by atoms with Gasteiger partial charge < -0.3 is 21.9 Å². The van der Waals surface area contributed by atoms with Crippen LogP contribution in [0.15, 0.2) is 52.4 Å². The normalized spacial score (nSPS) is 11.1. The summed E-state index contributed by atoms with van der Waals surface area (Å²) in [5.74, 6) is -0.158. The maximum absolute atomic E-state index is 13.1. The van der Waals surface area contributed by atoms with Crippen molar-refractivity contribution in [2.75, 3.05) is 0 Å². The highest BCUT2D eigenvalue weighted by Crippen LogP contribution is 2.29. The Kier molecular flexibility index (Phi) is 5.37. The molecule has 2 rings (SSSR count). The van der Waals surface area contributed by atoms with Crippen LogP contribution in [0.4, 0.5) is 10.1 Å². The van der Waals surface area contributed by atoms with Crippen LogP contribution >= 0.6 is 11.6 Å². The van der Waals surface area contributed by atoms with E-state index >= 15 is 0 Å². The van der Waals surface area contributed by atoms with E-state index in [1.165, 1.54) is 12.1 Å². The molecule has 0 radical (unpaired) electrons. The van der Waals surface area contributed by atoms with Crippen LogP contribution in [0.2, 0.25) is 5.02 Å². The minimum Gasteiger partial charge on any atom is -0.487 e. The first-order valence-corrected chi connectivity index (χ1v) is 6.92. The molecule has 23 heavy (non-hydrogen) atoms. The van der Waals surface area contributed by atoms with Crippen LogP contribution in [-0.2, 0) is 6.61 Å². The predicted octanol–water partition coefficient (Wildman–Crippen LogP) is 2.28. The van der Waals surface area contributed by atoms with Crippen LogP contribution in [0, 0.1) is 5.82 Å². The largest absolute Gasteiger partial charge is 0.487 e. The van der Waals surface area contributed by atoms with Crippen LogP contribution in [-0.4, -0.2) is 11.9 Å². The van der Waals surface area contributed by atoms with Crippen molar-refractivity contribution in [1.29, 1.82) is 0 Å². The lowest BCUT2D eigenvalue weighted by Gasteiger charge is -2.08. The number of benzene rings is 2. The molecule has 6 N–H and O–H groups in total.